The van der Waals surface area contributed by atoms with Crippen molar-refractivity contribution in [2.24, 2.45) is 0 Å². The summed E-state index contributed by atoms with van der Waals surface area (Å²) in [5, 5.41) is 0. The molecule has 1 unspecified atom stereocenters. The maximum absolute atomic E-state index is 13.1. The van der Waals surface area contributed by atoms with Crippen LogP contribution in [0.3, 0.4) is 0 Å². The van der Waals surface area contributed by atoms with Crippen LogP contribution in [0.1, 0.15) is 42.9 Å². The topological polar surface area (TPSA) is 46.1 Å². The van der Waals surface area contributed by atoms with E-state index in [1.165, 1.54) is 17.7 Å². The molecule has 0 N–H and O–H groups in total. The molecule has 3 rings (SSSR count). The number of carbonyl (C=O) groups excluding carboxylic acids is 1. The number of amides is 1. The first-order valence-corrected chi connectivity index (χ1v) is 8.50. The Kier molecular flexibility index (Phi) is 5.51. The summed E-state index contributed by atoms with van der Waals surface area (Å²) in [6.07, 6.45) is 9.06. The van der Waals surface area contributed by atoms with Crippen molar-refractivity contribution in [2.75, 3.05) is 13.1 Å². The maximum Gasteiger partial charge on any atom is 0.222 e. The van der Waals surface area contributed by atoms with E-state index in [0.29, 0.717) is 18.8 Å². The molecule has 0 aliphatic carbocycles. The fourth-order valence-electron chi connectivity index (χ4n) is 3.27. The number of aryl methyl sites for hydroxylation is 1. The van der Waals surface area contributed by atoms with Gasteiger partial charge in [-0.1, -0.05) is 12.1 Å². The summed E-state index contributed by atoms with van der Waals surface area (Å²) in [6.45, 7) is 1.57. The van der Waals surface area contributed by atoms with Crippen LogP contribution in [0.5, 0.6) is 0 Å². The lowest BCUT2D eigenvalue weighted by molar-refractivity contribution is -0.131. The predicted molar refractivity (Wildman–Crippen MR) is 89.9 cm³/mol. The summed E-state index contributed by atoms with van der Waals surface area (Å²) in [5.41, 5.74) is 2.02. The molecule has 0 saturated carbocycles. The number of hydrogen-bond acceptors (Lipinski definition) is 3. The first kappa shape index (κ1) is 16.6. The third kappa shape index (κ3) is 4.37. The second-order valence-corrected chi connectivity index (χ2v) is 6.26. The minimum absolute atomic E-state index is 0.181. The first-order chi connectivity index (χ1) is 11.7. The number of halogens is 1. The summed E-state index contributed by atoms with van der Waals surface area (Å²) >= 11 is 0. The minimum atomic E-state index is -0.201. The third-order valence-corrected chi connectivity index (χ3v) is 4.63. The van der Waals surface area contributed by atoms with Crippen LogP contribution < -0.4 is 0 Å². The van der Waals surface area contributed by atoms with E-state index in [1.807, 2.05) is 17.0 Å². The van der Waals surface area contributed by atoms with Gasteiger partial charge in [0.15, 0.2) is 0 Å². The lowest BCUT2D eigenvalue weighted by Gasteiger charge is -2.20. The largest absolute Gasteiger partial charge is 0.343 e. The second kappa shape index (κ2) is 7.99. The SMILES string of the molecule is O=C(CCc1cnccn1)N1CCCC(c2ccc(F)cc2)CC1. The molecule has 0 radical (unpaired) electrons. The standard InChI is InChI=1S/C19H22FN3O/c20-17-5-3-16(4-6-17)15-2-1-12-23(13-9-15)19(24)8-7-18-14-21-10-11-22-18/h3-6,10-11,14-15H,1-2,7-9,12-13H2. The number of nitrogens with zero attached hydrogens (tertiary/aromatic N) is 3. The Bertz CT molecular complexity index is 660. The molecule has 0 bridgehead atoms. The van der Waals surface area contributed by atoms with E-state index in [4.69, 9.17) is 0 Å². The van der Waals surface area contributed by atoms with Crippen molar-refractivity contribution < 1.29 is 9.18 Å². The molecule has 2 aromatic rings. The number of carbonyl (C=O) groups is 1. The zero-order chi connectivity index (χ0) is 16.8. The van der Waals surface area contributed by atoms with Gasteiger partial charge in [-0.15, -0.1) is 0 Å². The molecular weight excluding hydrogens is 305 g/mol. The zero-order valence-electron chi connectivity index (χ0n) is 13.7. The normalized spacial score (nSPS) is 18.2. The van der Waals surface area contributed by atoms with Gasteiger partial charge in [0.2, 0.25) is 5.91 Å². The van der Waals surface area contributed by atoms with Gasteiger partial charge in [0.05, 0.1) is 5.69 Å². The van der Waals surface area contributed by atoms with E-state index >= 15 is 0 Å². The molecule has 1 atom stereocenters. The van der Waals surface area contributed by atoms with Crippen molar-refractivity contribution in [2.45, 2.75) is 38.0 Å². The molecule has 1 aliphatic rings. The number of hydrogen-bond donors (Lipinski definition) is 0. The fraction of sp³-hybridized carbons (Fsp3) is 0.421. The molecular formula is C19H22FN3O. The molecule has 1 aromatic heterocycles. The summed E-state index contributed by atoms with van der Waals surface area (Å²) < 4.78 is 13.1. The predicted octanol–water partition coefficient (Wildman–Crippen LogP) is 3.34. The van der Waals surface area contributed by atoms with Crippen LogP contribution in [0, 0.1) is 5.82 Å². The van der Waals surface area contributed by atoms with E-state index in [0.717, 1.165) is 38.0 Å². The van der Waals surface area contributed by atoms with Crippen LogP contribution in [0.2, 0.25) is 0 Å². The first-order valence-electron chi connectivity index (χ1n) is 8.50. The smallest absolute Gasteiger partial charge is 0.222 e. The molecule has 24 heavy (non-hydrogen) atoms. The van der Waals surface area contributed by atoms with Crippen LogP contribution in [0.15, 0.2) is 42.9 Å². The van der Waals surface area contributed by atoms with Crippen LogP contribution in [-0.4, -0.2) is 33.9 Å². The van der Waals surface area contributed by atoms with Crippen molar-refractivity contribution in [3.05, 3.63) is 59.9 Å². The Labute approximate surface area is 141 Å². The average Bonchev–Trinajstić information content (AvgIpc) is 2.87. The van der Waals surface area contributed by atoms with Crippen LogP contribution in [0.25, 0.3) is 0 Å². The van der Waals surface area contributed by atoms with Crippen molar-refractivity contribution >= 4 is 5.91 Å². The summed E-state index contributed by atoms with van der Waals surface area (Å²) in [7, 11) is 0. The average molecular weight is 327 g/mol. The number of likely N-dealkylation sites (tertiary alicyclic amines) is 1. The van der Waals surface area contributed by atoms with Gasteiger partial charge in [-0.05, 0) is 49.3 Å². The molecule has 2 heterocycles. The summed E-state index contributed by atoms with van der Waals surface area (Å²) in [5.74, 6) is 0.386. The van der Waals surface area contributed by atoms with Crippen molar-refractivity contribution in [3.8, 4) is 0 Å². The third-order valence-electron chi connectivity index (χ3n) is 4.63. The Hall–Kier alpha value is -2.30. The van der Waals surface area contributed by atoms with Crippen LogP contribution in [-0.2, 0) is 11.2 Å². The quantitative estimate of drug-likeness (QED) is 0.865. The van der Waals surface area contributed by atoms with Gasteiger partial charge in [-0.25, -0.2) is 4.39 Å². The van der Waals surface area contributed by atoms with E-state index in [1.54, 1.807) is 18.6 Å². The number of aromatic nitrogens is 2. The molecule has 126 valence electrons. The number of benzene rings is 1. The Morgan fingerprint density at radius 1 is 1.17 bits per heavy atom. The Morgan fingerprint density at radius 2 is 2.00 bits per heavy atom. The molecule has 5 heteroatoms. The second-order valence-electron chi connectivity index (χ2n) is 6.26. The lowest BCUT2D eigenvalue weighted by Crippen LogP contribution is -2.32. The van der Waals surface area contributed by atoms with Gasteiger partial charge in [0.25, 0.3) is 0 Å². The molecule has 0 spiro atoms. The fourth-order valence-corrected chi connectivity index (χ4v) is 3.27. The van der Waals surface area contributed by atoms with Crippen LogP contribution in [0.4, 0.5) is 4.39 Å². The monoisotopic (exact) mass is 327 g/mol. The minimum Gasteiger partial charge on any atom is -0.343 e. The van der Waals surface area contributed by atoms with Gasteiger partial charge in [0.1, 0.15) is 5.82 Å². The van der Waals surface area contributed by atoms with Gasteiger partial charge in [0, 0.05) is 38.1 Å². The van der Waals surface area contributed by atoms with E-state index in [2.05, 4.69) is 9.97 Å². The maximum atomic E-state index is 13.1. The van der Waals surface area contributed by atoms with Gasteiger partial charge in [-0.2, -0.15) is 0 Å². The van der Waals surface area contributed by atoms with Gasteiger partial charge >= 0.3 is 0 Å². The Balaban J connectivity index is 1.53. The molecule has 4 nitrogen and oxygen atoms in total. The van der Waals surface area contributed by atoms with Crippen molar-refractivity contribution in [1.82, 2.24) is 14.9 Å². The van der Waals surface area contributed by atoms with Gasteiger partial charge in [-0.3, -0.25) is 14.8 Å². The number of rotatable bonds is 4. The molecule has 1 saturated heterocycles. The molecule has 1 aliphatic heterocycles. The zero-order valence-corrected chi connectivity index (χ0v) is 13.7. The summed E-state index contributed by atoms with van der Waals surface area (Å²) in [4.78, 5) is 22.6. The molecule has 1 amide bonds. The van der Waals surface area contributed by atoms with E-state index in [9.17, 15) is 9.18 Å². The highest BCUT2D eigenvalue weighted by molar-refractivity contribution is 5.76. The molecule has 1 aromatic carbocycles. The van der Waals surface area contributed by atoms with Gasteiger partial charge < -0.3 is 4.90 Å². The highest BCUT2D eigenvalue weighted by atomic mass is 19.1. The highest BCUT2D eigenvalue weighted by Gasteiger charge is 2.21. The lowest BCUT2D eigenvalue weighted by atomic mass is 9.92. The summed E-state index contributed by atoms with van der Waals surface area (Å²) in [6, 6.07) is 6.77. The van der Waals surface area contributed by atoms with Crippen molar-refractivity contribution in [1.29, 1.82) is 0 Å². The van der Waals surface area contributed by atoms with Crippen LogP contribution >= 0.6 is 0 Å². The van der Waals surface area contributed by atoms with E-state index in [-0.39, 0.29) is 11.7 Å². The van der Waals surface area contributed by atoms with Crippen molar-refractivity contribution in [3.63, 3.8) is 0 Å². The molecule has 1 fully saturated rings. The van der Waals surface area contributed by atoms with E-state index < -0.39 is 0 Å². The Morgan fingerprint density at radius 3 is 2.75 bits per heavy atom. The highest BCUT2D eigenvalue weighted by Crippen LogP contribution is 2.28.